The van der Waals surface area contributed by atoms with Gasteiger partial charge in [-0.15, -0.1) is 0 Å². The molecule has 10 nitrogen and oxygen atoms in total. The first-order valence-corrected chi connectivity index (χ1v) is 19.1. The number of halogens is 1. The number of likely N-dealkylation sites (tertiary alicyclic amines) is 1. The smallest absolute Gasteiger partial charge is 0.287 e. The van der Waals surface area contributed by atoms with Crippen LogP contribution in [0.25, 0.3) is 11.0 Å². The number of rotatable bonds is 11. The number of piperidine rings is 1. The van der Waals surface area contributed by atoms with Crippen LogP contribution >= 0.6 is 0 Å². The van der Waals surface area contributed by atoms with E-state index < -0.39 is 10.0 Å². The van der Waals surface area contributed by atoms with Crippen LogP contribution in [0.1, 0.15) is 52.9 Å². The number of nitrogens with zero attached hydrogens (tertiary/aromatic N) is 4. The molecule has 0 radical (unpaired) electrons. The number of piperazine rings is 1. The molecule has 3 aliphatic heterocycles. The number of benzene rings is 3. The molecule has 1 amide bonds. The minimum absolute atomic E-state index is 0.0593. The Kier molecular flexibility index (Phi) is 10.5. The Hall–Kier alpha value is -3.81. The van der Waals surface area contributed by atoms with Crippen LogP contribution in [0, 0.1) is 5.82 Å². The molecule has 0 atom stereocenters. The number of nitrogens with one attached hydrogen (secondary N) is 1. The van der Waals surface area contributed by atoms with E-state index in [-0.39, 0.29) is 23.5 Å². The van der Waals surface area contributed by atoms with Crippen molar-refractivity contribution in [1.82, 2.24) is 24.3 Å². The van der Waals surface area contributed by atoms with Crippen molar-refractivity contribution in [3.63, 3.8) is 0 Å². The van der Waals surface area contributed by atoms with Crippen LogP contribution < -0.4 is 10.1 Å². The van der Waals surface area contributed by atoms with Gasteiger partial charge in [0, 0.05) is 83.4 Å². The fourth-order valence-corrected chi connectivity index (χ4v) is 8.84. The molecule has 3 aliphatic rings. The quantitative estimate of drug-likeness (QED) is 0.231. The highest BCUT2D eigenvalue weighted by molar-refractivity contribution is 7.89. The minimum Gasteiger partial charge on any atom is -0.494 e. The summed E-state index contributed by atoms with van der Waals surface area (Å²) in [7, 11) is -1.92. The number of ether oxygens (including phenoxy) is 1. The molecule has 4 aromatic rings. The lowest BCUT2D eigenvalue weighted by Crippen LogP contribution is -2.45. The fraction of sp³-hybridized carbons (Fsp3) is 0.447. The highest BCUT2D eigenvalue weighted by atomic mass is 32.2. The number of furan rings is 1. The summed E-state index contributed by atoms with van der Waals surface area (Å²) in [6, 6.07) is 20.5. The zero-order valence-electron chi connectivity index (χ0n) is 28.7. The number of amides is 1. The third-order valence-electron chi connectivity index (χ3n) is 10.3. The summed E-state index contributed by atoms with van der Waals surface area (Å²) < 4.78 is 52.3. The highest BCUT2D eigenvalue weighted by Crippen LogP contribution is 2.25. The van der Waals surface area contributed by atoms with Crippen molar-refractivity contribution in [1.29, 1.82) is 0 Å². The van der Waals surface area contributed by atoms with E-state index in [9.17, 15) is 17.6 Å². The Bertz CT molecular complexity index is 1890. The third kappa shape index (κ3) is 8.05. The van der Waals surface area contributed by atoms with Crippen LogP contribution in [0.3, 0.4) is 0 Å². The summed E-state index contributed by atoms with van der Waals surface area (Å²) in [5.41, 5.74) is 3.90. The maximum Gasteiger partial charge on any atom is 0.287 e. The predicted octanol–water partition coefficient (Wildman–Crippen LogP) is 5.08. The number of hydrogen-bond acceptors (Lipinski definition) is 8. The summed E-state index contributed by atoms with van der Waals surface area (Å²) in [6.45, 7) is 8.88. The number of sulfonamides is 1. The van der Waals surface area contributed by atoms with E-state index in [4.69, 9.17) is 9.15 Å². The average molecular weight is 704 g/mol. The van der Waals surface area contributed by atoms with Gasteiger partial charge in [-0.25, -0.2) is 12.8 Å². The molecule has 3 aromatic carbocycles. The second-order valence-corrected chi connectivity index (χ2v) is 15.7. The lowest BCUT2D eigenvalue weighted by atomic mass is 10.0. The van der Waals surface area contributed by atoms with Crippen LogP contribution in [0.15, 0.2) is 76.0 Å². The Labute approximate surface area is 293 Å². The Balaban J connectivity index is 0.859. The fourth-order valence-electron chi connectivity index (χ4n) is 7.33. The SMILES string of the molecule is COc1ccc(CN2CCC(NC(=O)c3cc4cc(CN5CCN(Cc6ccc(S(=O)(=O)N7CCCC7)cc6)CC5)ccc4o3)CC2)cc1F. The molecule has 1 aromatic heterocycles. The zero-order valence-corrected chi connectivity index (χ0v) is 29.5. The normalized spacial score (nSPS) is 18.9. The third-order valence-corrected chi connectivity index (χ3v) is 12.2. The number of hydrogen-bond donors (Lipinski definition) is 1. The van der Waals surface area contributed by atoms with Gasteiger partial charge in [-0.3, -0.25) is 19.5 Å². The predicted molar refractivity (Wildman–Crippen MR) is 190 cm³/mol. The number of fused-ring (bicyclic) bond motifs is 1. The van der Waals surface area contributed by atoms with Gasteiger partial charge in [0.2, 0.25) is 10.0 Å². The van der Waals surface area contributed by atoms with Crippen molar-refractivity contribution in [2.75, 3.05) is 59.5 Å². The monoisotopic (exact) mass is 703 g/mol. The molecule has 3 fully saturated rings. The highest BCUT2D eigenvalue weighted by Gasteiger charge is 2.27. The van der Waals surface area contributed by atoms with Crippen LogP contribution in [0.4, 0.5) is 4.39 Å². The van der Waals surface area contributed by atoms with Gasteiger partial charge >= 0.3 is 0 Å². The first kappa shape index (κ1) is 34.6. The van der Waals surface area contributed by atoms with E-state index in [1.54, 1.807) is 22.5 Å². The van der Waals surface area contributed by atoms with Crippen LogP contribution in [0.2, 0.25) is 0 Å². The second-order valence-electron chi connectivity index (χ2n) is 13.8. The molecule has 1 N–H and O–H groups in total. The molecule has 0 aliphatic carbocycles. The van der Waals surface area contributed by atoms with E-state index in [1.165, 1.54) is 18.7 Å². The van der Waals surface area contributed by atoms with Crippen molar-refractivity contribution in [2.45, 2.75) is 56.3 Å². The van der Waals surface area contributed by atoms with Crippen molar-refractivity contribution in [3.05, 3.63) is 95.0 Å². The van der Waals surface area contributed by atoms with Crippen molar-refractivity contribution in [3.8, 4) is 5.75 Å². The molecule has 7 rings (SSSR count). The lowest BCUT2D eigenvalue weighted by molar-refractivity contribution is 0.0883. The Morgan fingerprint density at radius 1 is 0.780 bits per heavy atom. The number of carbonyl (C=O) groups excluding carboxylic acids is 1. The summed E-state index contributed by atoms with van der Waals surface area (Å²) in [4.78, 5) is 20.6. The molecule has 4 heterocycles. The standard InChI is InChI=1S/C38H46FN5O5S/c1-48-36-11-7-30(23-34(36)39)27-41-16-12-32(13-17-41)40-38(45)37-24-31-22-29(6-10-35(31)49-37)26-43-20-18-42(19-21-43)25-28-4-8-33(9-5-28)50(46,47)44-14-2-3-15-44/h4-11,22-24,32H,2-3,12-21,25-27H2,1H3,(H,40,45). The largest absolute Gasteiger partial charge is 0.494 e. The van der Waals surface area contributed by atoms with Crippen LogP contribution in [0.5, 0.6) is 5.75 Å². The topological polar surface area (TPSA) is 98.6 Å². The van der Waals surface area contributed by atoms with Crippen molar-refractivity contribution < 1.29 is 26.8 Å². The first-order valence-electron chi connectivity index (χ1n) is 17.7. The molecular weight excluding hydrogens is 658 g/mol. The number of methoxy groups -OCH3 is 1. The van der Waals surface area contributed by atoms with Gasteiger partial charge in [-0.05, 0) is 84.8 Å². The molecule has 0 spiro atoms. The second kappa shape index (κ2) is 15.2. The maximum atomic E-state index is 14.1. The van der Waals surface area contributed by atoms with Gasteiger partial charge in [-0.2, -0.15) is 4.31 Å². The van der Waals surface area contributed by atoms with Crippen LogP contribution in [-0.4, -0.2) is 98.8 Å². The Morgan fingerprint density at radius 2 is 1.36 bits per heavy atom. The maximum absolute atomic E-state index is 14.1. The van der Waals surface area contributed by atoms with Gasteiger partial charge < -0.3 is 14.5 Å². The van der Waals surface area contributed by atoms with Gasteiger partial charge in [0.05, 0.1) is 12.0 Å². The summed E-state index contributed by atoms with van der Waals surface area (Å²) in [5, 5.41) is 4.07. The molecular formula is C38H46FN5O5S. The van der Waals surface area contributed by atoms with E-state index in [1.807, 2.05) is 30.3 Å². The molecule has 0 unspecified atom stereocenters. The minimum atomic E-state index is -3.39. The summed E-state index contributed by atoms with van der Waals surface area (Å²) in [5.74, 6) is 0.0207. The van der Waals surface area contributed by atoms with Crippen LogP contribution in [-0.2, 0) is 29.7 Å². The van der Waals surface area contributed by atoms with E-state index >= 15 is 0 Å². The van der Waals surface area contributed by atoms with Gasteiger partial charge in [0.25, 0.3) is 5.91 Å². The Morgan fingerprint density at radius 3 is 2.00 bits per heavy atom. The lowest BCUT2D eigenvalue weighted by Gasteiger charge is -2.34. The molecule has 0 saturated carbocycles. The first-order chi connectivity index (χ1) is 24.2. The average Bonchev–Trinajstić information content (AvgIpc) is 3.82. The van der Waals surface area contributed by atoms with E-state index in [0.29, 0.717) is 35.9 Å². The number of carbonyl (C=O) groups is 1. The molecule has 3 saturated heterocycles. The van der Waals surface area contributed by atoms with Crippen molar-refractivity contribution >= 4 is 26.9 Å². The molecule has 12 heteroatoms. The summed E-state index contributed by atoms with van der Waals surface area (Å²) in [6.07, 6.45) is 3.50. The molecule has 50 heavy (non-hydrogen) atoms. The summed E-state index contributed by atoms with van der Waals surface area (Å²) >= 11 is 0. The van der Waals surface area contributed by atoms with Gasteiger partial charge in [0.15, 0.2) is 17.3 Å². The van der Waals surface area contributed by atoms with Gasteiger partial charge in [-0.1, -0.05) is 24.3 Å². The van der Waals surface area contributed by atoms with Crippen molar-refractivity contribution in [2.24, 2.45) is 0 Å². The molecule has 0 bridgehead atoms. The van der Waals surface area contributed by atoms with Gasteiger partial charge in [0.1, 0.15) is 5.58 Å². The van der Waals surface area contributed by atoms with E-state index in [0.717, 1.165) is 94.6 Å². The molecule has 266 valence electrons. The zero-order chi connectivity index (χ0) is 34.7. The van der Waals surface area contributed by atoms with E-state index in [2.05, 4.69) is 32.1 Å².